The summed E-state index contributed by atoms with van der Waals surface area (Å²) < 4.78 is 9.36. The third-order valence-electron chi connectivity index (χ3n) is 3.86. The predicted octanol–water partition coefficient (Wildman–Crippen LogP) is 3.15. The SMILES string of the molecule is CC(=O)OCOC(=O)c1nc(-c2sccc2NC(=O)c2ccccc2)nc(C)c1O. The fourth-order valence-corrected chi connectivity index (χ4v) is 3.19. The van der Waals surface area contributed by atoms with Crippen LogP contribution in [0.4, 0.5) is 5.69 Å². The Kier molecular flexibility index (Phi) is 6.38. The maximum atomic E-state index is 12.5. The average molecular weight is 427 g/mol. The number of hydrogen-bond acceptors (Lipinski definition) is 9. The minimum atomic E-state index is -0.980. The average Bonchev–Trinajstić information content (AvgIpc) is 3.18. The van der Waals surface area contributed by atoms with Crippen LogP contribution in [0.25, 0.3) is 10.7 Å². The zero-order valence-electron chi connectivity index (χ0n) is 16.0. The number of esters is 2. The van der Waals surface area contributed by atoms with E-state index in [-0.39, 0.29) is 23.1 Å². The smallest absolute Gasteiger partial charge is 0.363 e. The molecule has 0 atom stereocenters. The number of aromatic hydroxyl groups is 1. The molecule has 30 heavy (non-hydrogen) atoms. The number of carbonyl (C=O) groups is 3. The van der Waals surface area contributed by atoms with Gasteiger partial charge in [0.05, 0.1) is 16.3 Å². The van der Waals surface area contributed by atoms with E-state index < -0.39 is 24.5 Å². The van der Waals surface area contributed by atoms with E-state index in [1.54, 1.807) is 35.7 Å². The fourth-order valence-electron chi connectivity index (χ4n) is 2.41. The zero-order valence-corrected chi connectivity index (χ0v) is 16.9. The number of nitrogens with zero attached hydrogens (tertiary/aromatic N) is 2. The van der Waals surface area contributed by atoms with E-state index in [1.807, 2.05) is 6.07 Å². The van der Waals surface area contributed by atoms with Gasteiger partial charge in [0.15, 0.2) is 17.3 Å². The molecular weight excluding hydrogens is 410 g/mol. The summed E-state index contributed by atoms with van der Waals surface area (Å²) in [7, 11) is 0. The van der Waals surface area contributed by atoms with Crippen molar-refractivity contribution in [1.82, 2.24) is 9.97 Å². The first-order valence-corrected chi connectivity index (χ1v) is 9.57. The van der Waals surface area contributed by atoms with Crippen molar-refractivity contribution in [2.24, 2.45) is 0 Å². The van der Waals surface area contributed by atoms with Gasteiger partial charge in [-0.25, -0.2) is 14.8 Å². The summed E-state index contributed by atoms with van der Waals surface area (Å²) in [6.07, 6.45) is 0. The van der Waals surface area contributed by atoms with E-state index in [1.165, 1.54) is 25.2 Å². The summed E-state index contributed by atoms with van der Waals surface area (Å²) >= 11 is 1.25. The molecule has 1 aromatic carbocycles. The Morgan fingerprint density at radius 1 is 1.10 bits per heavy atom. The number of nitrogens with one attached hydrogen (secondary N) is 1. The Morgan fingerprint density at radius 2 is 1.83 bits per heavy atom. The van der Waals surface area contributed by atoms with Crippen LogP contribution in [0.2, 0.25) is 0 Å². The lowest BCUT2D eigenvalue weighted by atomic mass is 10.2. The molecule has 2 heterocycles. The highest BCUT2D eigenvalue weighted by atomic mass is 32.1. The van der Waals surface area contributed by atoms with Crippen molar-refractivity contribution in [2.75, 3.05) is 12.1 Å². The molecule has 154 valence electrons. The second kappa shape index (κ2) is 9.14. The van der Waals surface area contributed by atoms with Crippen LogP contribution in [0.1, 0.15) is 33.5 Å². The molecule has 0 bridgehead atoms. The molecule has 9 nitrogen and oxygen atoms in total. The minimum absolute atomic E-state index is 0.128. The van der Waals surface area contributed by atoms with Gasteiger partial charge in [-0.1, -0.05) is 18.2 Å². The number of rotatable bonds is 6. The van der Waals surface area contributed by atoms with Crippen molar-refractivity contribution in [3.8, 4) is 16.5 Å². The maximum absolute atomic E-state index is 12.5. The number of aromatic nitrogens is 2. The summed E-state index contributed by atoms with van der Waals surface area (Å²) in [6.45, 7) is 2.06. The molecule has 0 saturated carbocycles. The Balaban J connectivity index is 1.87. The van der Waals surface area contributed by atoms with Crippen LogP contribution in [0.15, 0.2) is 41.8 Å². The summed E-state index contributed by atoms with van der Waals surface area (Å²) in [4.78, 5) is 44.3. The molecule has 3 aromatic rings. The lowest BCUT2D eigenvalue weighted by Gasteiger charge is -2.10. The van der Waals surface area contributed by atoms with Gasteiger partial charge in [0.2, 0.25) is 6.79 Å². The van der Waals surface area contributed by atoms with Gasteiger partial charge in [0.25, 0.3) is 5.91 Å². The van der Waals surface area contributed by atoms with Gasteiger partial charge in [0.1, 0.15) is 0 Å². The van der Waals surface area contributed by atoms with Crippen molar-refractivity contribution in [3.63, 3.8) is 0 Å². The van der Waals surface area contributed by atoms with Crippen molar-refractivity contribution in [3.05, 3.63) is 58.7 Å². The lowest BCUT2D eigenvalue weighted by molar-refractivity contribution is -0.149. The largest absolute Gasteiger partial charge is 0.504 e. The normalized spacial score (nSPS) is 10.3. The Hall–Kier alpha value is -3.79. The number of benzene rings is 1. The summed E-state index contributed by atoms with van der Waals surface area (Å²) in [5.41, 5.74) is 0.705. The number of anilines is 1. The van der Waals surface area contributed by atoms with Crippen LogP contribution in [0, 0.1) is 6.92 Å². The van der Waals surface area contributed by atoms with E-state index in [2.05, 4.69) is 20.0 Å². The van der Waals surface area contributed by atoms with E-state index in [9.17, 15) is 19.5 Å². The van der Waals surface area contributed by atoms with Crippen molar-refractivity contribution in [1.29, 1.82) is 0 Å². The van der Waals surface area contributed by atoms with Crippen LogP contribution in [-0.2, 0) is 14.3 Å². The monoisotopic (exact) mass is 427 g/mol. The van der Waals surface area contributed by atoms with Crippen LogP contribution in [0.5, 0.6) is 5.75 Å². The van der Waals surface area contributed by atoms with Gasteiger partial charge < -0.3 is 19.9 Å². The zero-order chi connectivity index (χ0) is 21.7. The van der Waals surface area contributed by atoms with Gasteiger partial charge in [-0.2, -0.15) is 0 Å². The molecule has 2 aromatic heterocycles. The molecule has 0 aliphatic rings. The minimum Gasteiger partial charge on any atom is -0.504 e. The van der Waals surface area contributed by atoms with Gasteiger partial charge in [-0.05, 0) is 30.5 Å². The molecule has 1 amide bonds. The Morgan fingerprint density at radius 3 is 2.53 bits per heavy atom. The second-order valence-electron chi connectivity index (χ2n) is 6.00. The molecule has 0 unspecified atom stereocenters. The predicted molar refractivity (Wildman–Crippen MR) is 108 cm³/mol. The summed E-state index contributed by atoms with van der Waals surface area (Å²) in [5, 5.41) is 14.7. The van der Waals surface area contributed by atoms with E-state index in [4.69, 9.17) is 4.74 Å². The number of thiophene rings is 1. The molecule has 0 spiro atoms. The molecule has 3 rings (SSSR count). The fraction of sp³-hybridized carbons (Fsp3) is 0.150. The van der Waals surface area contributed by atoms with E-state index >= 15 is 0 Å². The van der Waals surface area contributed by atoms with Gasteiger partial charge in [0, 0.05) is 12.5 Å². The first kappa shape index (κ1) is 20.9. The van der Waals surface area contributed by atoms with Crippen LogP contribution in [-0.4, -0.2) is 39.7 Å². The molecule has 0 aliphatic heterocycles. The van der Waals surface area contributed by atoms with E-state index in [0.717, 1.165) is 0 Å². The second-order valence-corrected chi connectivity index (χ2v) is 6.92. The third kappa shape index (κ3) is 4.78. The molecule has 0 radical (unpaired) electrons. The number of amides is 1. The Bertz CT molecular complexity index is 1100. The van der Waals surface area contributed by atoms with E-state index in [0.29, 0.717) is 16.1 Å². The molecule has 0 saturated heterocycles. The molecular formula is C20H17N3O6S. The lowest BCUT2D eigenvalue weighted by Crippen LogP contribution is -2.14. The van der Waals surface area contributed by atoms with Crippen LogP contribution in [0.3, 0.4) is 0 Å². The highest BCUT2D eigenvalue weighted by Crippen LogP contribution is 2.34. The third-order valence-corrected chi connectivity index (χ3v) is 4.77. The number of aryl methyl sites for hydroxylation is 1. The van der Waals surface area contributed by atoms with Crippen LogP contribution >= 0.6 is 11.3 Å². The Labute approximate surface area is 175 Å². The molecule has 10 heteroatoms. The number of hydrogen-bond donors (Lipinski definition) is 2. The maximum Gasteiger partial charge on any atom is 0.363 e. The van der Waals surface area contributed by atoms with Gasteiger partial charge in [-0.15, -0.1) is 11.3 Å². The van der Waals surface area contributed by atoms with Crippen LogP contribution < -0.4 is 5.32 Å². The molecule has 0 fully saturated rings. The molecule has 2 N–H and O–H groups in total. The molecule has 0 aliphatic carbocycles. The van der Waals surface area contributed by atoms with Gasteiger partial charge in [-0.3, -0.25) is 9.59 Å². The first-order valence-electron chi connectivity index (χ1n) is 8.69. The number of ether oxygens (including phenoxy) is 2. The van der Waals surface area contributed by atoms with Gasteiger partial charge >= 0.3 is 11.9 Å². The van der Waals surface area contributed by atoms with Crippen molar-refractivity contribution < 1.29 is 29.0 Å². The first-order chi connectivity index (χ1) is 14.4. The standard InChI is InChI=1S/C20H17N3O6S/c1-11-16(25)15(20(27)29-10-28-12(2)24)23-18(21-11)17-14(8-9-30-17)22-19(26)13-6-4-3-5-7-13/h3-9,25H,10H2,1-2H3,(H,22,26). The summed E-state index contributed by atoms with van der Waals surface area (Å²) in [5.74, 6) is -2.23. The van der Waals surface area contributed by atoms with Crippen molar-refractivity contribution in [2.45, 2.75) is 13.8 Å². The number of carbonyl (C=O) groups excluding carboxylic acids is 3. The topological polar surface area (TPSA) is 128 Å². The summed E-state index contributed by atoms with van der Waals surface area (Å²) in [6, 6.07) is 10.4. The quantitative estimate of drug-likeness (QED) is 0.454. The highest BCUT2D eigenvalue weighted by Gasteiger charge is 2.22. The highest BCUT2D eigenvalue weighted by molar-refractivity contribution is 7.14. The van der Waals surface area contributed by atoms with Crippen molar-refractivity contribution >= 4 is 34.9 Å².